The lowest BCUT2D eigenvalue weighted by molar-refractivity contribution is -0.149. The van der Waals surface area contributed by atoms with Crippen molar-refractivity contribution in [2.24, 2.45) is 0 Å². The van der Waals surface area contributed by atoms with Crippen LogP contribution in [0, 0.1) is 13.8 Å². The van der Waals surface area contributed by atoms with Gasteiger partial charge in [0.05, 0.1) is 12.2 Å². The Morgan fingerprint density at radius 2 is 2.06 bits per heavy atom. The largest absolute Gasteiger partial charge is 0.480 e. The van der Waals surface area contributed by atoms with Gasteiger partial charge in [0.2, 0.25) is 0 Å². The Bertz CT molecular complexity index is 393. The Kier molecular flexibility index (Phi) is 4.27. The molecule has 0 saturated heterocycles. The van der Waals surface area contributed by atoms with Crippen LogP contribution in [0.1, 0.15) is 36.3 Å². The topological polar surface area (TPSA) is 53.4 Å². The molecular weight excluding hydrogens is 236 g/mol. The molecular formula is C12H20N2O2S. The molecule has 5 heteroatoms. The molecule has 0 spiro atoms. The molecule has 0 bridgehead atoms. The van der Waals surface area contributed by atoms with Crippen LogP contribution in [0.3, 0.4) is 0 Å². The molecule has 0 radical (unpaired) electrons. The number of nitrogens with zero attached hydrogens (tertiary/aromatic N) is 2. The van der Waals surface area contributed by atoms with Gasteiger partial charge >= 0.3 is 5.97 Å². The first-order valence-corrected chi connectivity index (χ1v) is 6.52. The lowest BCUT2D eigenvalue weighted by Crippen LogP contribution is -2.49. The van der Waals surface area contributed by atoms with Crippen molar-refractivity contribution in [1.29, 1.82) is 0 Å². The minimum atomic E-state index is -0.859. The molecule has 0 amide bonds. The summed E-state index contributed by atoms with van der Waals surface area (Å²) in [6.45, 7) is 10.7. The molecule has 0 atom stereocenters. The monoisotopic (exact) mass is 256 g/mol. The summed E-state index contributed by atoms with van der Waals surface area (Å²) in [5, 5.41) is 10.2. The van der Waals surface area contributed by atoms with Crippen LogP contribution in [0.5, 0.6) is 0 Å². The normalized spacial score (nSPS) is 12.1. The fourth-order valence-electron chi connectivity index (χ4n) is 1.61. The van der Waals surface area contributed by atoms with Gasteiger partial charge in [-0.05, 0) is 34.2 Å². The van der Waals surface area contributed by atoms with E-state index in [2.05, 4.69) is 4.98 Å². The standard InChI is InChI=1S/C12H20N2O2S/c1-6-14(12(4,5)11(15)16)7-10-13-8(2)9(3)17-10/h6-7H2,1-5H3,(H,15,16). The first kappa shape index (κ1) is 14.1. The van der Waals surface area contributed by atoms with Crippen LogP contribution in [0.25, 0.3) is 0 Å². The van der Waals surface area contributed by atoms with E-state index in [-0.39, 0.29) is 0 Å². The molecule has 1 N–H and O–H groups in total. The molecule has 0 fully saturated rings. The fraction of sp³-hybridized carbons (Fsp3) is 0.667. The highest BCUT2D eigenvalue weighted by molar-refractivity contribution is 7.11. The Labute approximate surface area is 106 Å². The lowest BCUT2D eigenvalue weighted by atomic mass is 10.0. The maximum Gasteiger partial charge on any atom is 0.323 e. The number of aryl methyl sites for hydroxylation is 2. The van der Waals surface area contributed by atoms with Gasteiger partial charge in [-0.25, -0.2) is 4.98 Å². The van der Waals surface area contributed by atoms with E-state index in [0.29, 0.717) is 13.1 Å². The Morgan fingerprint density at radius 3 is 2.41 bits per heavy atom. The first-order valence-electron chi connectivity index (χ1n) is 5.70. The van der Waals surface area contributed by atoms with E-state index < -0.39 is 11.5 Å². The molecule has 0 aliphatic heterocycles. The number of aromatic nitrogens is 1. The molecule has 96 valence electrons. The minimum absolute atomic E-state index is 0.592. The molecule has 1 aromatic heterocycles. The van der Waals surface area contributed by atoms with E-state index in [4.69, 9.17) is 0 Å². The van der Waals surface area contributed by atoms with Crippen molar-refractivity contribution >= 4 is 17.3 Å². The highest BCUT2D eigenvalue weighted by atomic mass is 32.1. The van der Waals surface area contributed by atoms with Gasteiger partial charge in [-0.15, -0.1) is 11.3 Å². The van der Waals surface area contributed by atoms with Crippen molar-refractivity contribution in [3.63, 3.8) is 0 Å². The average molecular weight is 256 g/mol. The third kappa shape index (κ3) is 3.04. The van der Waals surface area contributed by atoms with Gasteiger partial charge in [-0.3, -0.25) is 9.69 Å². The summed E-state index contributed by atoms with van der Waals surface area (Å²) in [5.74, 6) is -0.802. The summed E-state index contributed by atoms with van der Waals surface area (Å²) < 4.78 is 0. The van der Waals surface area contributed by atoms with Gasteiger partial charge in [0.15, 0.2) is 0 Å². The second-order valence-electron chi connectivity index (χ2n) is 4.63. The Balaban J connectivity index is 2.87. The molecule has 4 nitrogen and oxygen atoms in total. The molecule has 0 unspecified atom stereocenters. The first-order chi connectivity index (χ1) is 7.78. The van der Waals surface area contributed by atoms with Gasteiger partial charge in [0.25, 0.3) is 0 Å². The van der Waals surface area contributed by atoms with Crippen molar-refractivity contribution in [2.75, 3.05) is 6.54 Å². The van der Waals surface area contributed by atoms with E-state index in [0.717, 1.165) is 10.7 Å². The van der Waals surface area contributed by atoms with E-state index in [9.17, 15) is 9.90 Å². The minimum Gasteiger partial charge on any atom is -0.480 e. The third-order valence-electron chi connectivity index (χ3n) is 3.09. The highest BCUT2D eigenvalue weighted by Crippen LogP contribution is 2.22. The molecule has 1 aromatic rings. The summed E-state index contributed by atoms with van der Waals surface area (Å²) in [7, 11) is 0. The van der Waals surface area contributed by atoms with E-state index in [1.54, 1.807) is 25.2 Å². The second kappa shape index (κ2) is 5.14. The smallest absolute Gasteiger partial charge is 0.323 e. The summed E-state index contributed by atoms with van der Waals surface area (Å²) in [6, 6.07) is 0. The van der Waals surface area contributed by atoms with E-state index in [1.165, 1.54) is 4.88 Å². The SMILES string of the molecule is CCN(Cc1nc(C)c(C)s1)C(C)(C)C(=O)O. The molecule has 0 saturated carbocycles. The molecule has 0 aromatic carbocycles. The number of carbonyl (C=O) groups is 1. The van der Waals surface area contributed by atoms with Gasteiger partial charge in [0, 0.05) is 4.88 Å². The maximum atomic E-state index is 11.2. The summed E-state index contributed by atoms with van der Waals surface area (Å²) in [5.41, 5.74) is 0.177. The molecule has 1 heterocycles. The van der Waals surface area contributed by atoms with Gasteiger partial charge in [0.1, 0.15) is 10.5 Å². The van der Waals surface area contributed by atoms with Crippen molar-refractivity contribution < 1.29 is 9.90 Å². The summed E-state index contributed by atoms with van der Waals surface area (Å²) >= 11 is 1.64. The highest BCUT2D eigenvalue weighted by Gasteiger charge is 2.34. The van der Waals surface area contributed by atoms with Crippen LogP contribution in [0.2, 0.25) is 0 Å². The maximum absolute atomic E-state index is 11.2. The Morgan fingerprint density at radius 1 is 1.47 bits per heavy atom. The van der Waals surface area contributed by atoms with Crippen molar-refractivity contribution in [2.45, 2.75) is 46.7 Å². The van der Waals surface area contributed by atoms with E-state index in [1.807, 2.05) is 25.7 Å². The van der Waals surface area contributed by atoms with Crippen molar-refractivity contribution in [3.8, 4) is 0 Å². The summed E-state index contributed by atoms with van der Waals surface area (Å²) in [6.07, 6.45) is 0. The van der Waals surface area contributed by atoms with Gasteiger partial charge in [-0.2, -0.15) is 0 Å². The zero-order chi connectivity index (χ0) is 13.2. The zero-order valence-corrected chi connectivity index (χ0v) is 11.9. The predicted molar refractivity (Wildman–Crippen MR) is 69.4 cm³/mol. The number of carboxylic acid groups (broad SMARTS) is 1. The number of rotatable bonds is 5. The fourth-order valence-corrected chi connectivity index (χ4v) is 2.56. The Hall–Kier alpha value is -0.940. The molecule has 0 aliphatic rings. The van der Waals surface area contributed by atoms with Crippen LogP contribution in [0.15, 0.2) is 0 Å². The van der Waals surface area contributed by atoms with Crippen LogP contribution >= 0.6 is 11.3 Å². The molecule has 0 aliphatic carbocycles. The lowest BCUT2D eigenvalue weighted by Gasteiger charge is -2.33. The van der Waals surface area contributed by atoms with Crippen molar-refractivity contribution in [1.82, 2.24) is 9.88 Å². The number of hydrogen-bond donors (Lipinski definition) is 1. The zero-order valence-electron chi connectivity index (χ0n) is 11.1. The van der Waals surface area contributed by atoms with Gasteiger partial charge in [-0.1, -0.05) is 6.92 Å². The van der Waals surface area contributed by atoms with Crippen molar-refractivity contribution in [3.05, 3.63) is 15.6 Å². The average Bonchev–Trinajstić information content (AvgIpc) is 2.54. The number of aliphatic carboxylic acids is 1. The summed E-state index contributed by atoms with van der Waals surface area (Å²) in [4.78, 5) is 18.8. The number of carboxylic acids is 1. The molecule has 17 heavy (non-hydrogen) atoms. The quantitative estimate of drug-likeness (QED) is 0.879. The number of hydrogen-bond acceptors (Lipinski definition) is 4. The number of likely N-dealkylation sites (N-methyl/N-ethyl adjacent to an activating group) is 1. The third-order valence-corrected chi connectivity index (χ3v) is 4.15. The predicted octanol–water partition coefficient (Wildman–Crippen LogP) is 2.45. The van der Waals surface area contributed by atoms with Crippen LogP contribution in [0.4, 0.5) is 0 Å². The second-order valence-corrected chi connectivity index (χ2v) is 5.92. The molecule has 1 rings (SSSR count). The van der Waals surface area contributed by atoms with Gasteiger partial charge < -0.3 is 5.11 Å². The number of thiazole rings is 1. The van der Waals surface area contributed by atoms with Crippen LogP contribution in [-0.4, -0.2) is 33.0 Å². The van der Waals surface area contributed by atoms with E-state index >= 15 is 0 Å². The van der Waals surface area contributed by atoms with Crippen LogP contribution in [-0.2, 0) is 11.3 Å². The van der Waals surface area contributed by atoms with Crippen LogP contribution < -0.4 is 0 Å².